The standard InChI is InChI=1S/C12H21N2/c1-5-6-7-8-14-12(10(2)3)11(4)9-13-14/h10H,5-8H2,1-4H3. The first kappa shape index (κ1) is 11.3. The highest BCUT2D eigenvalue weighted by atomic mass is 15.3. The minimum Gasteiger partial charge on any atom is -0.268 e. The van der Waals surface area contributed by atoms with Gasteiger partial charge in [-0.3, -0.25) is 4.68 Å². The van der Waals surface area contributed by atoms with Crippen molar-refractivity contribution in [2.45, 2.75) is 59.4 Å². The Hall–Kier alpha value is -0.790. The highest BCUT2D eigenvalue weighted by Gasteiger charge is 2.10. The molecule has 0 N–H and O–H groups in total. The van der Waals surface area contributed by atoms with Crippen LogP contribution in [-0.2, 0) is 6.54 Å². The van der Waals surface area contributed by atoms with E-state index in [9.17, 15) is 0 Å². The molecule has 0 unspecified atom stereocenters. The molecule has 0 atom stereocenters. The Morgan fingerprint density at radius 3 is 2.64 bits per heavy atom. The highest BCUT2D eigenvalue weighted by molar-refractivity contribution is 5.17. The zero-order valence-electron chi connectivity index (χ0n) is 9.80. The van der Waals surface area contributed by atoms with E-state index in [1.807, 2.05) is 0 Å². The molecule has 0 fully saturated rings. The molecule has 1 heterocycles. The minimum absolute atomic E-state index is 0.551. The van der Waals surface area contributed by atoms with Gasteiger partial charge in [0.25, 0.3) is 0 Å². The molecule has 2 nitrogen and oxygen atoms in total. The number of aryl methyl sites for hydroxylation is 2. The molecule has 0 aliphatic rings. The first-order valence-electron chi connectivity index (χ1n) is 5.61. The van der Waals surface area contributed by atoms with Gasteiger partial charge < -0.3 is 0 Å². The SMILES string of the molecule is CCCCCn1n[c]c(C)c1C(C)C. The predicted octanol–water partition coefficient (Wildman–Crippen LogP) is 3.31. The van der Waals surface area contributed by atoms with Crippen LogP contribution in [0.5, 0.6) is 0 Å². The summed E-state index contributed by atoms with van der Waals surface area (Å²) in [6.07, 6.45) is 6.84. The highest BCUT2D eigenvalue weighted by Crippen LogP contribution is 2.18. The van der Waals surface area contributed by atoms with Gasteiger partial charge >= 0.3 is 0 Å². The molecule has 0 aliphatic carbocycles. The van der Waals surface area contributed by atoms with E-state index >= 15 is 0 Å². The van der Waals surface area contributed by atoms with Gasteiger partial charge in [0.2, 0.25) is 0 Å². The molecule has 1 aromatic rings. The zero-order valence-corrected chi connectivity index (χ0v) is 9.80. The lowest BCUT2D eigenvalue weighted by atomic mass is 10.1. The molecule has 0 aromatic carbocycles. The Labute approximate surface area is 87.3 Å². The summed E-state index contributed by atoms with van der Waals surface area (Å²) in [5.41, 5.74) is 2.55. The minimum atomic E-state index is 0.551. The van der Waals surface area contributed by atoms with E-state index in [4.69, 9.17) is 0 Å². The van der Waals surface area contributed by atoms with Crippen LogP contribution in [0.15, 0.2) is 0 Å². The van der Waals surface area contributed by atoms with Crippen molar-refractivity contribution in [2.75, 3.05) is 0 Å². The Balaban J connectivity index is 2.66. The van der Waals surface area contributed by atoms with Crippen LogP contribution in [-0.4, -0.2) is 9.78 Å². The summed E-state index contributed by atoms with van der Waals surface area (Å²) in [7, 11) is 0. The number of hydrogen-bond donors (Lipinski definition) is 0. The molecule has 0 bridgehead atoms. The topological polar surface area (TPSA) is 17.8 Å². The van der Waals surface area contributed by atoms with Crippen LogP contribution < -0.4 is 0 Å². The molecule has 0 amide bonds. The van der Waals surface area contributed by atoms with Crippen molar-refractivity contribution >= 4 is 0 Å². The largest absolute Gasteiger partial charge is 0.268 e. The Kier molecular flexibility index (Phi) is 4.18. The predicted molar refractivity (Wildman–Crippen MR) is 59.4 cm³/mol. The molecular weight excluding hydrogens is 172 g/mol. The molecule has 0 saturated heterocycles. The maximum absolute atomic E-state index is 4.30. The van der Waals surface area contributed by atoms with Crippen LogP contribution in [0.1, 0.15) is 57.2 Å². The summed E-state index contributed by atoms with van der Waals surface area (Å²) in [6.45, 7) is 9.80. The molecule has 79 valence electrons. The fourth-order valence-corrected chi connectivity index (χ4v) is 1.85. The first-order chi connectivity index (χ1) is 6.66. The van der Waals surface area contributed by atoms with E-state index in [-0.39, 0.29) is 0 Å². The molecule has 0 spiro atoms. The van der Waals surface area contributed by atoms with Crippen molar-refractivity contribution in [3.63, 3.8) is 0 Å². The van der Waals surface area contributed by atoms with Crippen molar-refractivity contribution < 1.29 is 0 Å². The van der Waals surface area contributed by atoms with E-state index < -0.39 is 0 Å². The second-order valence-electron chi connectivity index (χ2n) is 4.21. The lowest BCUT2D eigenvalue weighted by Gasteiger charge is -2.10. The second kappa shape index (κ2) is 5.18. The van der Waals surface area contributed by atoms with E-state index in [2.05, 4.69) is 43.7 Å². The Morgan fingerprint density at radius 1 is 1.36 bits per heavy atom. The van der Waals surface area contributed by atoms with Gasteiger partial charge in [-0.15, -0.1) is 0 Å². The third kappa shape index (κ3) is 2.60. The van der Waals surface area contributed by atoms with E-state index in [0.717, 1.165) is 6.54 Å². The van der Waals surface area contributed by atoms with Gasteiger partial charge in [0.05, 0.1) is 0 Å². The third-order valence-corrected chi connectivity index (χ3v) is 2.52. The molecule has 1 rings (SSSR count). The normalized spacial score (nSPS) is 11.2. The van der Waals surface area contributed by atoms with Crippen molar-refractivity contribution in [3.05, 3.63) is 17.5 Å². The lowest BCUT2D eigenvalue weighted by molar-refractivity contribution is 0.521. The van der Waals surface area contributed by atoms with Crippen LogP contribution in [0.25, 0.3) is 0 Å². The van der Waals surface area contributed by atoms with Crippen LogP contribution in [0.3, 0.4) is 0 Å². The molecule has 0 saturated carbocycles. The van der Waals surface area contributed by atoms with Crippen molar-refractivity contribution in [3.8, 4) is 0 Å². The van der Waals surface area contributed by atoms with Gasteiger partial charge in [0, 0.05) is 17.8 Å². The molecule has 14 heavy (non-hydrogen) atoms. The van der Waals surface area contributed by atoms with Gasteiger partial charge in [-0.1, -0.05) is 33.6 Å². The van der Waals surface area contributed by atoms with Gasteiger partial charge in [-0.05, 0) is 19.3 Å². The van der Waals surface area contributed by atoms with Crippen LogP contribution in [0.4, 0.5) is 0 Å². The summed E-state index contributed by atoms with van der Waals surface area (Å²) in [4.78, 5) is 0. The summed E-state index contributed by atoms with van der Waals surface area (Å²) < 4.78 is 2.12. The molecule has 0 aliphatic heterocycles. The van der Waals surface area contributed by atoms with E-state index in [1.165, 1.54) is 30.5 Å². The quantitative estimate of drug-likeness (QED) is 0.656. The zero-order chi connectivity index (χ0) is 10.6. The summed E-state index contributed by atoms with van der Waals surface area (Å²) >= 11 is 0. The Bertz CT molecular complexity index is 274. The van der Waals surface area contributed by atoms with E-state index in [0.29, 0.717) is 5.92 Å². The third-order valence-electron chi connectivity index (χ3n) is 2.52. The Morgan fingerprint density at radius 2 is 2.07 bits per heavy atom. The summed E-state index contributed by atoms with van der Waals surface area (Å²) in [5, 5.41) is 4.30. The lowest BCUT2D eigenvalue weighted by Crippen LogP contribution is -2.07. The smallest absolute Gasteiger partial charge is 0.116 e. The number of nitrogens with zero attached hydrogens (tertiary/aromatic N) is 2. The fraction of sp³-hybridized carbons (Fsp3) is 0.750. The van der Waals surface area contributed by atoms with Crippen LogP contribution in [0.2, 0.25) is 0 Å². The number of aromatic nitrogens is 2. The maximum Gasteiger partial charge on any atom is 0.116 e. The average Bonchev–Trinajstić information content (AvgIpc) is 2.47. The number of unbranched alkanes of at least 4 members (excludes halogenated alkanes) is 2. The number of rotatable bonds is 5. The fourth-order valence-electron chi connectivity index (χ4n) is 1.85. The monoisotopic (exact) mass is 193 g/mol. The van der Waals surface area contributed by atoms with Crippen molar-refractivity contribution in [2.24, 2.45) is 0 Å². The molecule has 1 radical (unpaired) electrons. The summed E-state index contributed by atoms with van der Waals surface area (Å²) in [6, 6.07) is 0. The molecular formula is C12H21N2. The second-order valence-corrected chi connectivity index (χ2v) is 4.21. The van der Waals surface area contributed by atoms with Gasteiger partial charge in [0.15, 0.2) is 0 Å². The summed E-state index contributed by atoms with van der Waals surface area (Å²) in [5.74, 6) is 0.551. The van der Waals surface area contributed by atoms with Gasteiger partial charge in [-0.2, -0.15) is 5.10 Å². The van der Waals surface area contributed by atoms with Gasteiger partial charge in [-0.25, -0.2) is 0 Å². The van der Waals surface area contributed by atoms with Crippen LogP contribution >= 0.6 is 0 Å². The van der Waals surface area contributed by atoms with Crippen LogP contribution in [0, 0.1) is 13.1 Å². The first-order valence-corrected chi connectivity index (χ1v) is 5.61. The van der Waals surface area contributed by atoms with E-state index in [1.54, 1.807) is 0 Å². The molecule has 1 aromatic heterocycles. The molecule has 2 heteroatoms. The van der Waals surface area contributed by atoms with Gasteiger partial charge in [0.1, 0.15) is 6.20 Å². The van der Waals surface area contributed by atoms with Crippen molar-refractivity contribution in [1.29, 1.82) is 0 Å². The average molecular weight is 193 g/mol. The van der Waals surface area contributed by atoms with Crippen molar-refractivity contribution in [1.82, 2.24) is 9.78 Å². The maximum atomic E-state index is 4.30. The number of hydrogen-bond acceptors (Lipinski definition) is 1.